The van der Waals surface area contributed by atoms with Crippen LogP contribution in [0, 0.1) is 5.82 Å². The lowest BCUT2D eigenvalue weighted by Crippen LogP contribution is -1.97. The van der Waals surface area contributed by atoms with Crippen LogP contribution < -0.4 is 5.73 Å². The molecule has 0 bridgehead atoms. The van der Waals surface area contributed by atoms with Crippen molar-refractivity contribution >= 4 is 17.0 Å². The van der Waals surface area contributed by atoms with Crippen molar-refractivity contribution in [3.8, 4) is 11.3 Å². The molecule has 0 amide bonds. The maximum Gasteiger partial charge on any atom is 0.222 e. The molecule has 0 saturated carbocycles. The van der Waals surface area contributed by atoms with Gasteiger partial charge in [0.1, 0.15) is 11.5 Å². The highest BCUT2D eigenvalue weighted by Crippen LogP contribution is 2.26. The summed E-state index contributed by atoms with van der Waals surface area (Å²) in [5.41, 5.74) is 7.50. The molecule has 0 unspecified atom stereocenters. The first-order chi connectivity index (χ1) is 8.65. The standard InChI is InChI=1S/C12H10FN5/c1-18-11-9(6-15-12(14)16-11)10(17-18)7-3-2-4-8(13)5-7/h2-6H,1H3,(H2,14,15,16). The van der Waals surface area contributed by atoms with Gasteiger partial charge in [0.05, 0.1) is 5.39 Å². The van der Waals surface area contributed by atoms with E-state index < -0.39 is 0 Å². The van der Waals surface area contributed by atoms with Gasteiger partial charge in [-0.05, 0) is 12.1 Å². The highest BCUT2D eigenvalue weighted by Gasteiger charge is 2.12. The molecule has 0 aliphatic carbocycles. The Morgan fingerprint density at radius 1 is 1.33 bits per heavy atom. The zero-order valence-corrected chi connectivity index (χ0v) is 9.63. The SMILES string of the molecule is Cn1nc(-c2cccc(F)c2)c2cnc(N)nc21. The Balaban J connectivity index is 2.30. The second-order valence-corrected chi connectivity index (χ2v) is 3.95. The topological polar surface area (TPSA) is 69.6 Å². The number of rotatable bonds is 1. The summed E-state index contributed by atoms with van der Waals surface area (Å²) in [5, 5.41) is 5.08. The smallest absolute Gasteiger partial charge is 0.222 e. The molecule has 0 aliphatic heterocycles. The van der Waals surface area contributed by atoms with E-state index in [2.05, 4.69) is 15.1 Å². The molecule has 2 aromatic heterocycles. The van der Waals surface area contributed by atoms with Crippen molar-refractivity contribution in [1.82, 2.24) is 19.7 Å². The molecule has 2 N–H and O–H groups in total. The fourth-order valence-corrected chi connectivity index (χ4v) is 1.90. The second-order valence-electron chi connectivity index (χ2n) is 3.95. The first-order valence-electron chi connectivity index (χ1n) is 5.36. The lowest BCUT2D eigenvalue weighted by atomic mass is 10.1. The van der Waals surface area contributed by atoms with Crippen molar-refractivity contribution in [2.24, 2.45) is 7.05 Å². The normalized spacial score (nSPS) is 11.0. The summed E-state index contributed by atoms with van der Waals surface area (Å²) in [6.07, 6.45) is 1.60. The summed E-state index contributed by atoms with van der Waals surface area (Å²) in [6.45, 7) is 0. The number of nitrogens with two attached hydrogens (primary N) is 1. The summed E-state index contributed by atoms with van der Waals surface area (Å²) >= 11 is 0. The van der Waals surface area contributed by atoms with Crippen LogP contribution in [0.25, 0.3) is 22.3 Å². The fraction of sp³-hybridized carbons (Fsp3) is 0.0833. The molecule has 5 nitrogen and oxygen atoms in total. The van der Waals surface area contributed by atoms with Crippen molar-refractivity contribution in [1.29, 1.82) is 0 Å². The van der Waals surface area contributed by atoms with Crippen molar-refractivity contribution < 1.29 is 4.39 Å². The lowest BCUT2D eigenvalue weighted by Gasteiger charge is -1.97. The molecule has 0 radical (unpaired) electrons. The number of aryl methyl sites for hydroxylation is 1. The second kappa shape index (κ2) is 3.76. The van der Waals surface area contributed by atoms with Crippen LogP contribution in [0.2, 0.25) is 0 Å². The Labute approximate surface area is 102 Å². The number of nitrogen functional groups attached to an aromatic ring is 1. The van der Waals surface area contributed by atoms with Gasteiger partial charge in [0.2, 0.25) is 5.95 Å². The largest absolute Gasteiger partial charge is 0.368 e. The van der Waals surface area contributed by atoms with Crippen molar-refractivity contribution in [3.05, 3.63) is 36.3 Å². The van der Waals surface area contributed by atoms with Crippen LogP contribution in [0.3, 0.4) is 0 Å². The number of nitrogens with zero attached hydrogens (tertiary/aromatic N) is 4. The number of aromatic nitrogens is 4. The summed E-state index contributed by atoms with van der Waals surface area (Å²) in [7, 11) is 1.76. The van der Waals surface area contributed by atoms with Gasteiger partial charge in [0.15, 0.2) is 5.65 Å². The number of halogens is 1. The highest BCUT2D eigenvalue weighted by atomic mass is 19.1. The summed E-state index contributed by atoms with van der Waals surface area (Å²) in [5.74, 6) is -0.112. The Bertz CT molecular complexity index is 734. The van der Waals surface area contributed by atoms with Crippen LogP contribution in [0.4, 0.5) is 10.3 Å². The Morgan fingerprint density at radius 2 is 2.17 bits per heavy atom. The molecular formula is C12H10FN5. The van der Waals surface area contributed by atoms with Crippen LogP contribution >= 0.6 is 0 Å². The van der Waals surface area contributed by atoms with E-state index >= 15 is 0 Å². The van der Waals surface area contributed by atoms with E-state index in [0.717, 1.165) is 5.39 Å². The van der Waals surface area contributed by atoms with Gasteiger partial charge >= 0.3 is 0 Å². The van der Waals surface area contributed by atoms with Crippen LogP contribution in [0.15, 0.2) is 30.5 Å². The van der Waals surface area contributed by atoms with Gasteiger partial charge in [0, 0.05) is 18.8 Å². The minimum absolute atomic E-state index is 0.191. The zero-order chi connectivity index (χ0) is 12.7. The van der Waals surface area contributed by atoms with E-state index in [9.17, 15) is 4.39 Å². The minimum atomic E-state index is -0.303. The molecule has 3 rings (SSSR count). The summed E-state index contributed by atoms with van der Waals surface area (Å²) in [6, 6.07) is 6.26. The predicted molar refractivity (Wildman–Crippen MR) is 66.1 cm³/mol. The van der Waals surface area contributed by atoms with E-state index in [-0.39, 0.29) is 11.8 Å². The molecule has 18 heavy (non-hydrogen) atoms. The third-order valence-electron chi connectivity index (χ3n) is 2.70. The number of hydrogen-bond donors (Lipinski definition) is 1. The van der Waals surface area contributed by atoms with Crippen LogP contribution in [0.5, 0.6) is 0 Å². The van der Waals surface area contributed by atoms with E-state index in [1.54, 1.807) is 30.1 Å². The zero-order valence-electron chi connectivity index (χ0n) is 9.63. The van der Waals surface area contributed by atoms with Gasteiger partial charge < -0.3 is 5.73 Å². The highest BCUT2D eigenvalue weighted by molar-refractivity contribution is 5.90. The first-order valence-corrected chi connectivity index (χ1v) is 5.36. The van der Waals surface area contributed by atoms with E-state index in [4.69, 9.17) is 5.73 Å². The lowest BCUT2D eigenvalue weighted by molar-refractivity contribution is 0.628. The average molecular weight is 243 g/mol. The quantitative estimate of drug-likeness (QED) is 0.707. The van der Waals surface area contributed by atoms with Crippen molar-refractivity contribution in [2.75, 3.05) is 5.73 Å². The van der Waals surface area contributed by atoms with Gasteiger partial charge in [-0.25, -0.2) is 14.1 Å². The molecule has 0 saturated heterocycles. The molecule has 0 atom stereocenters. The number of fused-ring (bicyclic) bond motifs is 1. The van der Waals surface area contributed by atoms with E-state index in [0.29, 0.717) is 16.9 Å². The van der Waals surface area contributed by atoms with Crippen LogP contribution in [-0.4, -0.2) is 19.7 Å². The molecule has 0 aliphatic rings. The molecule has 6 heteroatoms. The Morgan fingerprint density at radius 3 is 2.94 bits per heavy atom. The molecular weight excluding hydrogens is 233 g/mol. The van der Waals surface area contributed by atoms with Gasteiger partial charge in [-0.15, -0.1) is 0 Å². The Hall–Kier alpha value is -2.50. The third kappa shape index (κ3) is 1.58. The minimum Gasteiger partial charge on any atom is -0.368 e. The maximum atomic E-state index is 13.2. The van der Waals surface area contributed by atoms with Crippen LogP contribution in [-0.2, 0) is 7.05 Å². The monoisotopic (exact) mass is 243 g/mol. The molecule has 90 valence electrons. The average Bonchev–Trinajstić information content (AvgIpc) is 2.67. The predicted octanol–water partition coefficient (Wildman–Crippen LogP) is 1.75. The molecule has 0 fully saturated rings. The molecule has 3 aromatic rings. The first kappa shape index (κ1) is 10.6. The number of benzene rings is 1. The van der Waals surface area contributed by atoms with Crippen molar-refractivity contribution in [2.45, 2.75) is 0 Å². The summed E-state index contributed by atoms with van der Waals surface area (Å²) < 4.78 is 14.8. The van der Waals surface area contributed by atoms with Gasteiger partial charge in [0.25, 0.3) is 0 Å². The maximum absolute atomic E-state index is 13.2. The summed E-state index contributed by atoms with van der Waals surface area (Å²) in [4.78, 5) is 8.07. The van der Waals surface area contributed by atoms with Crippen LogP contribution in [0.1, 0.15) is 0 Å². The van der Waals surface area contributed by atoms with E-state index in [1.807, 2.05) is 0 Å². The molecule has 2 heterocycles. The number of anilines is 1. The molecule has 1 aromatic carbocycles. The van der Waals surface area contributed by atoms with Gasteiger partial charge in [-0.2, -0.15) is 10.1 Å². The number of hydrogen-bond acceptors (Lipinski definition) is 4. The fourth-order valence-electron chi connectivity index (χ4n) is 1.90. The Kier molecular flexibility index (Phi) is 2.22. The molecule has 0 spiro atoms. The van der Waals surface area contributed by atoms with Gasteiger partial charge in [-0.3, -0.25) is 0 Å². The van der Waals surface area contributed by atoms with E-state index in [1.165, 1.54) is 12.1 Å². The third-order valence-corrected chi connectivity index (χ3v) is 2.70. The van der Waals surface area contributed by atoms with Crippen molar-refractivity contribution in [3.63, 3.8) is 0 Å². The van der Waals surface area contributed by atoms with Gasteiger partial charge in [-0.1, -0.05) is 12.1 Å².